The molecule has 1 aromatic carbocycles. The first-order valence-electron chi connectivity index (χ1n) is 7.39. The zero-order valence-corrected chi connectivity index (χ0v) is 13.2. The maximum atomic E-state index is 12.3. The number of methoxy groups -OCH3 is 1. The average Bonchev–Trinajstić information content (AvgIpc) is 2.59. The van der Waals surface area contributed by atoms with Gasteiger partial charge in [0.05, 0.1) is 26.9 Å². The zero-order valence-electron chi connectivity index (χ0n) is 13.2. The van der Waals surface area contributed by atoms with E-state index in [0.29, 0.717) is 6.54 Å². The molecule has 126 valence electrons. The number of morpholine rings is 1. The number of hydrogen-bond acceptors (Lipinski definition) is 5. The number of carboxylic acids is 1. The lowest BCUT2D eigenvalue weighted by Gasteiger charge is -2.32. The van der Waals surface area contributed by atoms with E-state index in [2.05, 4.69) is 0 Å². The number of benzene rings is 1. The average molecular weight is 323 g/mol. The van der Waals surface area contributed by atoms with Gasteiger partial charge in [0.25, 0.3) is 5.91 Å². The molecule has 1 aliphatic rings. The first kappa shape index (κ1) is 17.2. The minimum Gasteiger partial charge on any atom is -0.497 e. The van der Waals surface area contributed by atoms with Gasteiger partial charge in [-0.3, -0.25) is 4.79 Å². The monoisotopic (exact) mass is 323 g/mol. The molecule has 1 N–H and O–H groups in total. The molecular formula is C16H21NO6. The topological polar surface area (TPSA) is 85.3 Å². The van der Waals surface area contributed by atoms with Gasteiger partial charge in [-0.15, -0.1) is 0 Å². The number of carbonyl (C=O) groups excluding carboxylic acids is 1. The van der Waals surface area contributed by atoms with E-state index in [1.54, 1.807) is 14.0 Å². The Morgan fingerprint density at radius 3 is 2.96 bits per heavy atom. The second-order valence-electron chi connectivity index (χ2n) is 5.29. The van der Waals surface area contributed by atoms with Crippen LogP contribution in [0.4, 0.5) is 0 Å². The third-order valence-electron chi connectivity index (χ3n) is 3.64. The summed E-state index contributed by atoms with van der Waals surface area (Å²) in [4.78, 5) is 24.8. The predicted molar refractivity (Wildman–Crippen MR) is 81.2 cm³/mol. The van der Waals surface area contributed by atoms with E-state index in [-0.39, 0.29) is 25.7 Å². The normalized spacial score (nSPS) is 19.2. The highest BCUT2D eigenvalue weighted by Gasteiger charge is 2.31. The highest BCUT2D eigenvalue weighted by atomic mass is 16.5. The van der Waals surface area contributed by atoms with Crippen LogP contribution in [0, 0.1) is 0 Å². The zero-order chi connectivity index (χ0) is 16.8. The number of carboxylic acid groups (broad SMARTS) is 1. The quantitative estimate of drug-likeness (QED) is 0.838. The fraction of sp³-hybridized carbons (Fsp3) is 0.500. The summed E-state index contributed by atoms with van der Waals surface area (Å²) in [6.07, 6.45) is -1.63. The van der Waals surface area contributed by atoms with E-state index in [9.17, 15) is 9.59 Å². The molecule has 0 aromatic heterocycles. The van der Waals surface area contributed by atoms with Gasteiger partial charge in [0.1, 0.15) is 11.9 Å². The van der Waals surface area contributed by atoms with Gasteiger partial charge >= 0.3 is 5.97 Å². The van der Waals surface area contributed by atoms with E-state index < -0.39 is 18.2 Å². The molecule has 0 bridgehead atoms. The lowest BCUT2D eigenvalue weighted by Crippen LogP contribution is -2.51. The summed E-state index contributed by atoms with van der Waals surface area (Å²) in [6, 6.07) is 7.41. The van der Waals surface area contributed by atoms with Crippen LogP contribution < -0.4 is 4.74 Å². The summed E-state index contributed by atoms with van der Waals surface area (Å²) in [5.74, 6) is -0.572. The van der Waals surface area contributed by atoms with Crippen LogP contribution in [0.15, 0.2) is 24.3 Å². The largest absolute Gasteiger partial charge is 0.497 e. The Morgan fingerprint density at radius 1 is 1.48 bits per heavy atom. The standard InChI is InChI=1S/C16H21NO6/c1-11(23-10-12-4-3-5-13(8-12)21-2)15(18)17-6-7-22-14(9-17)16(19)20/h3-5,8,11,14H,6-7,9-10H2,1-2H3,(H,19,20)/t11-,14+/m0/s1. The number of carbonyl (C=O) groups is 2. The molecule has 1 heterocycles. The summed E-state index contributed by atoms with van der Waals surface area (Å²) in [5.41, 5.74) is 0.898. The van der Waals surface area contributed by atoms with Crippen LogP contribution in [0.5, 0.6) is 5.75 Å². The van der Waals surface area contributed by atoms with Crippen molar-refractivity contribution in [3.8, 4) is 5.75 Å². The second kappa shape index (κ2) is 7.94. The summed E-state index contributed by atoms with van der Waals surface area (Å²) in [5, 5.41) is 8.97. The van der Waals surface area contributed by atoms with Crippen molar-refractivity contribution in [2.75, 3.05) is 26.8 Å². The van der Waals surface area contributed by atoms with E-state index in [4.69, 9.17) is 19.3 Å². The van der Waals surface area contributed by atoms with Crippen LogP contribution in [0.3, 0.4) is 0 Å². The fourth-order valence-corrected chi connectivity index (χ4v) is 2.31. The predicted octanol–water partition coefficient (Wildman–Crippen LogP) is 0.912. The number of ether oxygens (including phenoxy) is 3. The first-order chi connectivity index (χ1) is 11.0. The van der Waals surface area contributed by atoms with Gasteiger partial charge in [-0.25, -0.2) is 4.79 Å². The van der Waals surface area contributed by atoms with E-state index in [1.807, 2.05) is 24.3 Å². The third kappa shape index (κ3) is 4.67. The third-order valence-corrected chi connectivity index (χ3v) is 3.64. The molecule has 7 nitrogen and oxygen atoms in total. The van der Waals surface area contributed by atoms with Crippen molar-refractivity contribution in [2.45, 2.75) is 25.7 Å². The van der Waals surface area contributed by atoms with E-state index >= 15 is 0 Å². The minimum atomic E-state index is -1.06. The van der Waals surface area contributed by atoms with Gasteiger partial charge in [-0.1, -0.05) is 12.1 Å². The number of rotatable bonds is 6. The van der Waals surface area contributed by atoms with Crippen LogP contribution in [-0.2, 0) is 25.7 Å². The van der Waals surface area contributed by atoms with E-state index in [1.165, 1.54) is 4.90 Å². The molecule has 1 aromatic rings. The molecule has 0 saturated carbocycles. The van der Waals surface area contributed by atoms with Crippen LogP contribution >= 0.6 is 0 Å². The van der Waals surface area contributed by atoms with Crippen molar-refractivity contribution < 1.29 is 28.9 Å². The minimum absolute atomic E-state index is 0.0427. The Kier molecular flexibility index (Phi) is 5.95. The highest BCUT2D eigenvalue weighted by Crippen LogP contribution is 2.15. The molecule has 1 saturated heterocycles. The van der Waals surface area contributed by atoms with Crippen molar-refractivity contribution in [1.82, 2.24) is 4.90 Å². The van der Waals surface area contributed by atoms with Crippen LogP contribution in [0.25, 0.3) is 0 Å². The van der Waals surface area contributed by atoms with Gasteiger partial charge in [0, 0.05) is 6.54 Å². The maximum absolute atomic E-state index is 12.3. The molecule has 2 atom stereocenters. The fourth-order valence-electron chi connectivity index (χ4n) is 2.31. The van der Waals surface area contributed by atoms with Gasteiger partial charge < -0.3 is 24.2 Å². The van der Waals surface area contributed by atoms with Crippen molar-refractivity contribution in [3.63, 3.8) is 0 Å². The Labute approximate surface area is 134 Å². The number of amides is 1. The number of hydrogen-bond donors (Lipinski definition) is 1. The van der Waals surface area contributed by atoms with Crippen LogP contribution in [0.1, 0.15) is 12.5 Å². The van der Waals surface area contributed by atoms with Crippen molar-refractivity contribution >= 4 is 11.9 Å². The van der Waals surface area contributed by atoms with Crippen molar-refractivity contribution in [1.29, 1.82) is 0 Å². The van der Waals surface area contributed by atoms with Crippen molar-refractivity contribution in [3.05, 3.63) is 29.8 Å². The molecule has 1 amide bonds. The molecule has 0 unspecified atom stereocenters. The molecule has 1 aliphatic heterocycles. The Hall–Kier alpha value is -2.12. The molecule has 0 radical (unpaired) electrons. The number of nitrogens with zero attached hydrogens (tertiary/aromatic N) is 1. The lowest BCUT2D eigenvalue weighted by atomic mass is 10.2. The molecule has 0 spiro atoms. The molecule has 7 heteroatoms. The molecular weight excluding hydrogens is 302 g/mol. The van der Waals surface area contributed by atoms with Gasteiger partial charge in [-0.05, 0) is 24.6 Å². The molecule has 1 fully saturated rings. The molecule has 2 rings (SSSR count). The SMILES string of the molecule is COc1cccc(CO[C@@H](C)C(=O)N2CCO[C@@H](C(=O)O)C2)c1. The summed E-state index contributed by atoms with van der Waals surface area (Å²) < 4.78 is 15.8. The summed E-state index contributed by atoms with van der Waals surface area (Å²) in [7, 11) is 1.59. The van der Waals surface area contributed by atoms with Gasteiger partial charge in [0.15, 0.2) is 6.10 Å². The summed E-state index contributed by atoms with van der Waals surface area (Å²) >= 11 is 0. The van der Waals surface area contributed by atoms with E-state index in [0.717, 1.165) is 11.3 Å². The maximum Gasteiger partial charge on any atom is 0.334 e. The van der Waals surface area contributed by atoms with Gasteiger partial charge in [-0.2, -0.15) is 0 Å². The van der Waals surface area contributed by atoms with Crippen molar-refractivity contribution in [2.24, 2.45) is 0 Å². The Bertz CT molecular complexity index is 561. The Balaban J connectivity index is 1.88. The molecule has 0 aliphatic carbocycles. The smallest absolute Gasteiger partial charge is 0.334 e. The van der Waals surface area contributed by atoms with Crippen LogP contribution in [0.2, 0.25) is 0 Å². The lowest BCUT2D eigenvalue weighted by molar-refractivity contribution is -0.163. The first-order valence-corrected chi connectivity index (χ1v) is 7.39. The highest BCUT2D eigenvalue weighted by molar-refractivity contribution is 5.82. The molecule has 23 heavy (non-hydrogen) atoms. The Morgan fingerprint density at radius 2 is 2.26 bits per heavy atom. The van der Waals surface area contributed by atoms with Gasteiger partial charge in [0.2, 0.25) is 0 Å². The number of aliphatic carboxylic acids is 1. The second-order valence-corrected chi connectivity index (χ2v) is 5.29. The van der Waals surface area contributed by atoms with Crippen LogP contribution in [-0.4, -0.2) is 60.9 Å². The summed E-state index contributed by atoms with van der Waals surface area (Å²) in [6.45, 7) is 2.56.